The Morgan fingerprint density at radius 2 is 1.88 bits per heavy atom. The van der Waals surface area contributed by atoms with E-state index < -0.39 is 0 Å². The van der Waals surface area contributed by atoms with E-state index in [0.717, 1.165) is 19.5 Å². The molecule has 0 aromatic heterocycles. The highest BCUT2D eigenvalue weighted by Crippen LogP contribution is 2.20. The van der Waals surface area contributed by atoms with Crippen molar-refractivity contribution in [3.05, 3.63) is 29.8 Å². The predicted molar refractivity (Wildman–Crippen MR) is 71.9 cm³/mol. The van der Waals surface area contributed by atoms with Crippen molar-refractivity contribution in [2.45, 2.75) is 39.7 Å². The fraction of sp³-hybridized carbons (Fsp3) is 0.571. The average molecular weight is 220 g/mol. The number of anilines is 1. The molecule has 1 aromatic carbocycles. The van der Waals surface area contributed by atoms with Crippen LogP contribution in [0.2, 0.25) is 0 Å². The second-order valence-corrected chi connectivity index (χ2v) is 5.10. The van der Waals surface area contributed by atoms with Crippen LogP contribution in [0.1, 0.15) is 32.8 Å². The highest BCUT2D eigenvalue weighted by atomic mass is 15.1. The van der Waals surface area contributed by atoms with Gasteiger partial charge in [-0.25, -0.2) is 0 Å². The molecule has 0 aliphatic rings. The summed E-state index contributed by atoms with van der Waals surface area (Å²) in [6.07, 6.45) is 1.01. The minimum absolute atomic E-state index is 0.0872. The van der Waals surface area contributed by atoms with Crippen molar-refractivity contribution < 1.29 is 0 Å². The number of hydrogen-bond donors (Lipinski definition) is 1. The molecule has 0 aliphatic heterocycles. The topological polar surface area (TPSA) is 29.3 Å². The molecule has 1 aromatic rings. The van der Waals surface area contributed by atoms with Crippen molar-refractivity contribution in [1.29, 1.82) is 0 Å². The second-order valence-electron chi connectivity index (χ2n) is 5.10. The molecular formula is C14H24N2. The third-order valence-electron chi connectivity index (χ3n) is 2.86. The first-order chi connectivity index (χ1) is 7.44. The summed E-state index contributed by atoms with van der Waals surface area (Å²) in [7, 11) is 0. The first-order valence-corrected chi connectivity index (χ1v) is 6.03. The van der Waals surface area contributed by atoms with Gasteiger partial charge in [0.2, 0.25) is 0 Å². The van der Waals surface area contributed by atoms with Crippen molar-refractivity contribution in [3.8, 4) is 0 Å². The summed E-state index contributed by atoms with van der Waals surface area (Å²) < 4.78 is 0. The molecule has 0 radical (unpaired) electrons. The number of aryl methyl sites for hydroxylation is 1. The van der Waals surface area contributed by atoms with Crippen molar-refractivity contribution in [3.63, 3.8) is 0 Å². The molecule has 0 heterocycles. The maximum absolute atomic E-state index is 6.03. The van der Waals surface area contributed by atoms with Gasteiger partial charge in [0.05, 0.1) is 0 Å². The van der Waals surface area contributed by atoms with Crippen molar-refractivity contribution in [1.82, 2.24) is 0 Å². The maximum atomic E-state index is 6.03. The molecule has 2 nitrogen and oxygen atoms in total. The summed E-state index contributed by atoms with van der Waals surface area (Å²) >= 11 is 0. The molecule has 90 valence electrons. The highest BCUT2D eigenvalue weighted by Gasteiger charge is 2.13. The molecule has 0 saturated heterocycles. The zero-order chi connectivity index (χ0) is 12.2. The zero-order valence-corrected chi connectivity index (χ0v) is 11.0. The van der Waals surface area contributed by atoms with Crippen LogP contribution < -0.4 is 10.6 Å². The summed E-state index contributed by atoms with van der Waals surface area (Å²) in [6, 6.07) is 8.52. The third-order valence-corrected chi connectivity index (χ3v) is 2.86. The van der Waals surface area contributed by atoms with E-state index >= 15 is 0 Å². The number of benzene rings is 1. The predicted octanol–water partition coefficient (Wildman–Crippen LogP) is 2.95. The smallest absolute Gasteiger partial charge is 0.0395 e. The number of nitrogens with zero attached hydrogens (tertiary/aromatic N) is 1. The van der Waals surface area contributed by atoms with Crippen LogP contribution in [0.15, 0.2) is 24.3 Å². The zero-order valence-electron chi connectivity index (χ0n) is 11.0. The molecule has 0 saturated carbocycles. The lowest BCUT2D eigenvalue weighted by atomic mass is 10.0. The van der Waals surface area contributed by atoms with Crippen LogP contribution in [0, 0.1) is 6.92 Å². The molecule has 0 bridgehead atoms. The summed E-state index contributed by atoms with van der Waals surface area (Å²) in [5.74, 6) is 0. The number of para-hydroxylation sites is 1. The molecule has 0 fully saturated rings. The van der Waals surface area contributed by atoms with Gasteiger partial charge in [-0.3, -0.25) is 0 Å². The number of hydrogen-bond acceptors (Lipinski definition) is 2. The van der Waals surface area contributed by atoms with Crippen molar-refractivity contribution in [2.24, 2.45) is 5.73 Å². The first kappa shape index (κ1) is 13.0. The number of nitrogens with two attached hydrogens (primary N) is 1. The first-order valence-electron chi connectivity index (χ1n) is 6.03. The van der Waals surface area contributed by atoms with Crippen LogP contribution in [-0.2, 0) is 0 Å². The Morgan fingerprint density at radius 3 is 2.38 bits per heavy atom. The Hall–Kier alpha value is -1.02. The molecule has 16 heavy (non-hydrogen) atoms. The SMILES string of the molecule is CCN(CCC(C)(C)N)c1ccccc1C. The van der Waals surface area contributed by atoms with Crippen molar-refractivity contribution in [2.75, 3.05) is 18.0 Å². The van der Waals surface area contributed by atoms with E-state index in [9.17, 15) is 0 Å². The van der Waals surface area contributed by atoms with Crippen LogP contribution in [0.5, 0.6) is 0 Å². The Morgan fingerprint density at radius 1 is 1.25 bits per heavy atom. The molecule has 0 unspecified atom stereocenters. The molecular weight excluding hydrogens is 196 g/mol. The van der Waals surface area contributed by atoms with Gasteiger partial charge in [-0.1, -0.05) is 18.2 Å². The average Bonchev–Trinajstić information content (AvgIpc) is 2.20. The van der Waals surface area contributed by atoms with Crippen LogP contribution >= 0.6 is 0 Å². The maximum Gasteiger partial charge on any atom is 0.0395 e. The van der Waals surface area contributed by atoms with E-state index in [1.165, 1.54) is 11.3 Å². The van der Waals surface area contributed by atoms with Gasteiger partial charge < -0.3 is 10.6 Å². The summed E-state index contributed by atoms with van der Waals surface area (Å²) in [6.45, 7) is 10.6. The lowest BCUT2D eigenvalue weighted by Crippen LogP contribution is -2.37. The fourth-order valence-electron chi connectivity index (χ4n) is 1.79. The minimum Gasteiger partial charge on any atom is -0.372 e. The van der Waals surface area contributed by atoms with Gasteiger partial charge in [-0.05, 0) is 45.7 Å². The molecule has 0 atom stereocenters. The second kappa shape index (κ2) is 5.35. The van der Waals surface area contributed by atoms with Gasteiger partial charge >= 0.3 is 0 Å². The van der Waals surface area contributed by atoms with E-state index in [1.54, 1.807) is 0 Å². The molecule has 2 heteroatoms. The monoisotopic (exact) mass is 220 g/mol. The van der Waals surface area contributed by atoms with Gasteiger partial charge in [-0.2, -0.15) is 0 Å². The van der Waals surface area contributed by atoms with E-state index in [2.05, 4.69) is 56.9 Å². The molecule has 0 amide bonds. The quantitative estimate of drug-likeness (QED) is 0.826. The van der Waals surface area contributed by atoms with Crippen molar-refractivity contribution >= 4 is 5.69 Å². The lowest BCUT2D eigenvalue weighted by molar-refractivity contribution is 0.475. The highest BCUT2D eigenvalue weighted by molar-refractivity contribution is 5.52. The van der Waals surface area contributed by atoms with E-state index in [1.807, 2.05) is 0 Å². The third kappa shape index (κ3) is 3.86. The van der Waals surface area contributed by atoms with Gasteiger partial charge in [-0.15, -0.1) is 0 Å². The van der Waals surface area contributed by atoms with Gasteiger partial charge in [0.15, 0.2) is 0 Å². The van der Waals surface area contributed by atoms with Crippen LogP contribution in [-0.4, -0.2) is 18.6 Å². The Balaban J connectivity index is 2.72. The normalized spacial score (nSPS) is 11.6. The molecule has 1 rings (SSSR count). The molecule has 0 aliphatic carbocycles. The fourth-order valence-corrected chi connectivity index (χ4v) is 1.79. The van der Waals surface area contributed by atoms with E-state index in [-0.39, 0.29) is 5.54 Å². The van der Waals surface area contributed by atoms with Gasteiger partial charge in [0.25, 0.3) is 0 Å². The summed E-state index contributed by atoms with van der Waals surface area (Å²) in [5.41, 5.74) is 8.60. The Kier molecular flexibility index (Phi) is 4.36. The Bertz CT molecular complexity index is 326. The van der Waals surface area contributed by atoms with Crippen LogP contribution in [0.3, 0.4) is 0 Å². The standard InChI is InChI=1S/C14H24N2/c1-5-16(11-10-14(3,4)15)13-9-7-6-8-12(13)2/h6-9H,5,10-11,15H2,1-4H3. The minimum atomic E-state index is -0.0872. The van der Waals surface area contributed by atoms with E-state index in [4.69, 9.17) is 5.73 Å². The van der Waals surface area contributed by atoms with E-state index in [0.29, 0.717) is 0 Å². The van der Waals surface area contributed by atoms with Gasteiger partial charge in [0.1, 0.15) is 0 Å². The van der Waals surface area contributed by atoms with Crippen LogP contribution in [0.4, 0.5) is 5.69 Å². The summed E-state index contributed by atoms with van der Waals surface area (Å²) in [4.78, 5) is 2.39. The summed E-state index contributed by atoms with van der Waals surface area (Å²) in [5, 5.41) is 0. The Labute approximate surface area is 99.5 Å². The largest absolute Gasteiger partial charge is 0.372 e. The number of rotatable bonds is 5. The lowest BCUT2D eigenvalue weighted by Gasteiger charge is -2.28. The van der Waals surface area contributed by atoms with Crippen LogP contribution in [0.25, 0.3) is 0 Å². The molecule has 0 spiro atoms. The van der Waals surface area contributed by atoms with Gasteiger partial charge in [0, 0.05) is 24.3 Å². The molecule has 2 N–H and O–H groups in total.